The molecule has 0 spiro atoms. The maximum atomic E-state index is 13.1. The van der Waals surface area contributed by atoms with Crippen molar-refractivity contribution in [2.24, 2.45) is 5.73 Å². The largest absolute Gasteiger partial charge is 0.341 e. The summed E-state index contributed by atoms with van der Waals surface area (Å²) in [4.78, 5) is 19.5. The standard InChI is InChI=1S/C22H27N5O/c1-15-5-7-17(8-6-15)16(2)22(28)26-12-9-18(14-26)20-19-4-3-11-24-21(19)27(25-20)13-10-23/h3-8,11,16,18H,9-10,12-14,23H2,1-2H3. The Morgan fingerprint density at radius 1 is 1.29 bits per heavy atom. The Kier molecular flexibility index (Phi) is 5.13. The quantitative estimate of drug-likeness (QED) is 0.742. The van der Waals surface area contributed by atoms with Gasteiger partial charge in [0.1, 0.15) is 0 Å². The molecule has 2 N–H and O–H groups in total. The van der Waals surface area contributed by atoms with Crippen LogP contribution in [-0.2, 0) is 11.3 Å². The van der Waals surface area contributed by atoms with Gasteiger partial charge < -0.3 is 10.6 Å². The van der Waals surface area contributed by atoms with E-state index in [1.54, 1.807) is 6.20 Å². The van der Waals surface area contributed by atoms with E-state index in [0.29, 0.717) is 19.6 Å². The highest BCUT2D eigenvalue weighted by atomic mass is 16.2. The molecule has 3 aromatic rings. The van der Waals surface area contributed by atoms with Crippen molar-refractivity contribution in [1.82, 2.24) is 19.7 Å². The van der Waals surface area contributed by atoms with E-state index in [-0.39, 0.29) is 17.7 Å². The van der Waals surface area contributed by atoms with E-state index in [1.165, 1.54) is 5.56 Å². The van der Waals surface area contributed by atoms with Gasteiger partial charge in [-0.2, -0.15) is 5.10 Å². The monoisotopic (exact) mass is 377 g/mol. The number of carbonyl (C=O) groups is 1. The maximum absolute atomic E-state index is 13.1. The summed E-state index contributed by atoms with van der Waals surface area (Å²) in [5.41, 5.74) is 9.92. The third kappa shape index (κ3) is 3.40. The average molecular weight is 377 g/mol. The van der Waals surface area contributed by atoms with Gasteiger partial charge in [0.15, 0.2) is 5.65 Å². The lowest BCUT2D eigenvalue weighted by Crippen LogP contribution is -2.32. The van der Waals surface area contributed by atoms with Crippen LogP contribution in [0, 0.1) is 6.92 Å². The lowest BCUT2D eigenvalue weighted by molar-refractivity contribution is -0.131. The lowest BCUT2D eigenvalue weighted by atomic mass is 9.98. The summed E-state index contributed by atoms with van der Waals surface area (Å²) < 4.78 is 1.89. The Morgan fingerprint density at radius 3 is 2.82 bits per heavy atom. The fraction of sp³-hybridized carbons (Fsp3) is 0.409. The maximum Gasteiger partial charge on any atom is 0.229 e. The first kappa shape index (κ1) is 18.6. The summed E-state index contributed by atoms with van der Waals surface area (Å²) in [6.07, 6.45) is 2.71. The van der Waals surface area contributed by atoms with Gasteiger partial charge in [0.25, 0.3) is 0 Å². The highest BCUT2D eigenvalue weighted by molar-refractivity contribution is 5.84. The summed E-state index contributed by atoms with van der Waals surface area (Å²) in [5.74, 6) is 0.294. The predicted octanol–water partition coefficient (Wildman–Crippen LogP) is 2.82. The Bertz CT molecular complexity index is 978. The van der Waals surface area contributed by atoms with Crippen LogP contribution >= 0.6 is 0 Å². The van der Waals surface area contributed by atoms with Crippen LogP contribution in [0.25, 0.3) is 11.0 Å². The molecular formula is C22H27N5O. The van der Waals surface area contributed by atoms with Crippen molar-refractivity contribution in [3.63, 3.8) is 0 Å². The second-order valence-electron chi connectivity index (χ2n) is 7.67. The zero-order chi connectivity index (χ0) is 19.7. The number of likely N-dealkylation sites (tertiary alicyclic amines) is 1. The first-order chi connectivity index (χ1) is 13.6. The highest BCUT2D eigenvalue weighted by Crippen LogP contribution is 2.32. The van der Waals surface area contributed by atoms with E-state index in [9.17, 15) is 4.79 Å². The molecule has 1 aromatic carbocycles. The molecular weight excluding hydrogens is 350 g/mol. The summed E-state index contributed by atoms with van der Waals surface area (Å²) >= 11 is 0. The van der Waals surface area contributed by atoms with Gasteiger partial charge in [-0.15, -0.1) is 0 Å². The molecule has 0 radical (unpaired) electrons. The molecule has 1 aliphatic heterocycles. The van der Waals surface area contributed by atoms with Crippen LogP contribution in [0.1, 0.15) is 42.0 Å². The van der Waals surface area contributed by atoms with Crippen LogP contribution in [0.5, 0.6) is 0 Å². The number of pyridine rings is 1. The van der Waals surface area contributed by atoms with E-state index in [4.69, 9.17) is 10.8 Å². The van der Waals surface area contributed by atoms with Crippen molar-refractivity contribution < 1.29 is 4.79 Å². The number of hydrogen-bond acceptors (Lipinski definition) is 4. The first-order valence-corrected chi connectivity index (χ1v) is 9.95. The topological polar surface area (TPSA) is 77.0 Å². The van der Waals surface area contributed by atoms with Gasteiger partial charge >= 0.3 is 0 Å². The molecule has 6 heteroatoms. The molecule has 0 aliphatic carbocycles. The minimum absolute atomic E-state index is 0.132. The van der Waals surface area contributed by atoms with E-state index < -0.39 is 0 Å². The molecule has 146 valence electrons. The molecule has 1 fully saturated rings. The Labute approximate surface area is 165 Å². The molecule has 1 aliphatic rings. The van der Waals surface area contributed by atoms with Crippen molar-refractivity contribution in [2.75, 3.05) is 19.6 Å². The highest BCUT2D eigenvalue weighted by Gasteiger charge is 2.32. The van der Waals surface area contributed by atoms with E-state index in [1.807, 2.05) is 22.6 Å². The zero-order valence-electron chi connectivity index (χ0n) is 16.5. The van der Waals surface area contributed by atoms with Gasteiger partial charge in [0, 0.05) is 37.1 Å². The van der Waals surface area contributed by atoms with E-state index >= 15 is 0 Å². The number of carbonyl (C=O) groups excluding carboxylic acids is 1. The molecule has 2 atom stereocenters. The van der Waals surface area contributed by atoms with Crippen LogP contribution < -0.4 is 5.73 Å². The van der Waals surface area contributed by atoms with Crippen LogP contribution in [0.4, 0.5) is 0 Å². The van der Waals surface area contributed by atoms with Crippen LogP contribution in [0.2, 0.25) is 0 Å². The summed E-state index contributed by atoms with van der Waals surface area (Å²) in [7, 11) is 0. The number of aryl methyl sites for hydroxylation is 1. The van der Waals surface area contributed by atoms with Crippen molar-refractivity contribution >= 4 is 16.9 Å². The van der Waals surface area contributed by atoms with Crippen molar-refractivity contribution in [3.05, 3.63) is 59.4 Å². The first-order valence-electron chi connectivity index (χ1n) is 9.95. The minimum atomic E-state index is -0.132. The number of hydrogen-bond donors (Lipinski definition) is 1. The molecule has 6 nitrogen and oxygen atoms in total. The van der Waals surface area contributed by atoms with Crippen LogP contribution in [0.3, 0.4) is 0 Å². The van der Waals surface area contributed by atoms with Gasteiger partial charge in [0.05, 0.1) is 18.2 Å². The third-order valence-electron chi connectivity index (χ3n) is 5.71. The van der Waals surface area contributed by atoms with E-state index in [0.717, 1.165) is 35.3 Å². The van der Waals surface area contributed by atoms with Gasteiger partial charge in [-0.25, -0.2) is 9.67 Å². The van der Waals surface area contributed by atoms with Crippen molar-refractivity contribution in [2.45, 2.75) is 38.6 Å². The summed E-state index contributed by atoms with van der Waals surface area (Å²) in [6, 6.07) is 12.2. The fourth-order valence-electron chi connectivity index (χ4n) is 4.07. The molecule has 2 aromatic heterocycles. The second kappa shape index (κ2) is 7.72. The molecule has 2 unspecified atom stereocenters. The minimum Gasteiger partial charge on any atom is -0.341 e. The SMILES string of the molecule is Cc1ccc(C(C)C(=O)N2CCC(c3nn(CCN)c4ncccc34)C2)cc1. The summed E-state index contributed by atoms with van der Waals surface area (Å²) in [6.45, 7) is 6.70. The van der Waals surface area contributed by atoms with Crippen molar-refractivity contribution in [3.8, 4) is 0 Å². The van der Waals surface area contributed by atoms with Crippen LogP contribution in [-0.4, -0.2) is 45.2 Å². The summed E-state index contributed by atoms with van der Waals surface area (Å²) in [5, 5.41) is 5.87. The van der Waals surface area contributed by atoms with Gasteiger partial charge in [0.2, 0.25) is 5.91 Å². The Morgan fingerprint density at radius 2 is 2.07 bits per heavy atom. The molecule has 0 bridgehead atoms. The molecule has 0 saturated carbocycles. The molecule has 1 saturated heterocycles. The molecule has 4 rings (SSSR count). The normalized spacial score (nSPS) is 18.0. The van der Waals surface area contributed by atoms with Crippen molar-refractivity contribution in [1.29, 1.82) is 0 Å². The van der Waals surface area contributed by atoms with E-state index in [2.05, 4.69) is 42.2 Å². The van der Waals surface area contributed by atoms with Gasteiger partial charge in [-0.05, 0) is 38.0 Å². The number of nitrogens with zero attached hydrogens (tertiary/aromatic N) is 4. The molecule has 1 amide bonds. The fourth-order valence-corrected chi connectivity index (χ4v) is 4.07. The Hall–Kier alpha value is -2.73. The number of benzene rings is 1. The van der Waals surface area contributed by atoms with Gasteiger partial charge in [-0.3, -0.25) is 4.79 Å². The number of fused-ring (bicyclic) bond motifs is 1. The number of rotatable bonds is 5. The number of amides is 1. The molecule has 3 heterocycles. The third-order valence-corrected chi connectivity index (χ3v) is 5.71. The van der Waals surface area contributed by atoms with Crippen LogP contribution in [0.15, 0.2) is 42.6 Å². The average Bonchev–Trinajstić information content (AvgIpc) is 3.33. The number of nitrogens with two attached hydrogens (primary N) is 1. The number of aromatic nitrogens is 3. The molecule has 28 heavy (non-hydrogen) atoms. The second-order valence-corrected chi connectivity index (χ2v) is 7.67. The predicted molar refractivity (Wildman–Crippen MR) is 110 cm³/mol. The van der Waals surface area contributed by atoms with Gasteiger partial charge in [-0.1, -0.05) is 29.8 Å². The lowest BCUT2D eigenvalue weighted by Gasteiger charge is -2.21. The Balaban J connectivity index is 1.53. The smallest absolute Gasteiger partial charge is 0.229 e. The zero-order valence-corrected chi connectivity index (χ0v) is 16.5.